The molecule has 0 spiro atoms. The zero-order valence-corrected chi connectivity index (χ0v) is 11.1. The van der Waals surface area contributed by atoms with E-state index in [1.807, 2.05) is 38.1 Å². The Morgan fingerprint density at radius 1 is 1.35 bits per heavy atom. The number of methoxy groups -OCH3 is 1. The molecule has 1 aromatic heterocycles. The van der Waals surface area contributed by atoms with Crippen LogP contribution in [0.25, 0.3) is 0 Å². The minimum absolute atomic E-state index is 0.179. The van der Waals surface area contributed by atoms with Crippen molar-refractivity contribution in [3.8, 4) is 0 Å². The molecule has 1 N–H and O–H groups in total. The summed E-state index contributed by atoms with van der Waals surface area (Å²) in [7, 11) is 5.57. The van der Waals surface area contributed by atoms with Gasteiger partial charge in [0.1, 0.15) is 5.82 Å². The first kappa shape index (κ1) is 13.9. The van der Waals surface area contributed by atoms with Gasteiger partial charge in [-0.15, -0.1) is 0 Å². The van der Waals surface area contributed by atoms with E-state index < -0.39 is 6.10 Å². The summed E-state index contributed by atoms with van der Waals surface area (Å²) in [6.07, 6.45) is 2.98. The standard InChI is InChI=1S/C13H22N2O2/c1-10(17-4)5-7-12(16)11-6-8-13(14-9-11)15(2)3/h6,8-10,12,16H,5,7H2,1-4H3. The Bertz CT molecular complexity index is 325. The van der Waals surface area contributed by atoms with E-state index in [0.717, 1.165) is 17.8 Å². The molecule has 0 aliphatic heterocycles. The molecule has 1 heterocycles. The molecular weight excluding hydrogens is 216 g/mol. The number of aliphatic hydroxyl groups excluding tert-OH is 1. The van der Waals surface area contributed by atoms with Gasteiger partial charge in [-0.1, -0.05) is 6.07 Å². The molecule has 0 saturated heterocycles. The zero-order valence-electron chi connectivity index (χ0n) is 11.1. The summed E-state index contributed by atoms with van der Waals surface area (Å²) in [5, 5.41) is 9.99. The van der Waals surface area contributed by atoms with E-state index in [0.29, 0.717) is 6.42 Å². The Kier molecular flexibility index (Phi) is 5.38. The van der Waals surface area contributed by atoms with Crippen molar-refractivity contribution in [1.82, 2.24) is 4.98 Å². The molecule has 17 heavy (non-hydrogen) atoms. The number of anilines is 1. The molecule has 0 aromatic carbocycles. The van der Waals surface area contributed by atoms with E-state index in [4.69, 9.17) is 4.74 Å². The smallest absolute Gasteiger partial charge is 0.127 e. The third-order valence-electron chi connectivity index (χ3n) is 2.86. The van der Waals surface area contributed by atoms with Gasteiger partial charge in [0.2, 0.25) is 0 Å². The van der Waals surface area contributed by atoms with Crippen molar-refractivity contribution < 1.29 is 9.84 Å². The van der Waals surface area contributed by atoms with Crippen LogP contribution in [0, 0.1) is 0 Å². The highest BCUT2D eigenvalue weighted by Crippen LogP contribution is 2.20. The summed E-state index contributed by atoms with van der Waals surface area (Å²) in [4.78, 5) is 6.21. The van der Waals surface area contributed by atoms with Crippen molar-refractivity contribution in [1.29, 1.82) is 0 Å². The van der Waals surface area contributed by atoms with Crippen LogP contribution in [0.5, 0.6) is 0 Å². The lowest BCUT2D eigenvalue weighted by atomic mass is 10.1. The number of hydrogen-bond donors (Lipinski definition) is 1. The van der Waals surface area contributed by atoms with Gasteiger partial charge >= 0.3 is 0 Å². The first-order valence-corrected chi connectivity index (χ1v) is 5.88. The van der Waals surface area contributed by atoms with Crippen LogP contribution in [0.15, 0.2) is 18.3 Å². The van der Waals surface area contributed by atoms with Gasteiger partial charge in [-0.3, -0.25) is 0 Å². The fraction of sp³-hybridized carbons (Fsp3) is 0.615. The Balaban J connectivity index is 2.54. The van der Waals surface area contributed by atoms with Crippen molar-refractivity contribution in [2.75, 3.05) is 26.1 Å². The average molecular weight is 238 g/mol. The minimum atomic E-state index is -0.462. The summed E-state index contributed by atoms with van der Waals surface area (Å²) >= 11 is 0. The Hall–Kier alpha value is -1.13. The largest absolute Gasteiger partial charge is 0.388 e. The normalized spacial score (nSPS) is 14.4. The number of rotatable bonds is 6. The predicted octanol–water partition coefficient (Wildman–Crippen LogP) is 2.00. The molecule has 4 nitrogen and oxygen atoms in total. The van der Waals surface area contributed by atoms with Crippen LogP contribution in [-0.2, 0) is 4.74 Å². The molecular formula is C13H22N2O2. The maximum atomic E-state index is 9.99. The van der Waals surface area contributed by atoms with Crippen LogP contribution in [0.3, 0.4) is 0 Å². The maximum Gasteiger partial charge on any atom is 0.127 e. The van der Waals surface area contributed by atoms with Gasteiger partial charge in [0.15, 0.2) is 0 Å². The first-order valence-electron chi connectivity index (χ1n) is 5.88. The number of aliphatic hydroxyl groups is 1. The van der Waals surface area contributed by atoms with E-state index in [1.165, 1.54) is 0 Å². The van der Waals surface area contributed by atoms with Crippen LogP contribution in [-0.4, -0.2) is 37.4 Å². The van der Waals surface area contributed by atoms with Gasteiger partial charge in [-0.2, -0.15) is 0 Å². The second kappa shape index (κ2) is 6.57. The lowest BCUT2D eigenvalue weighted by molar-refractivity contribution is 0.0850. The molecule has 0 saturated carbocycles. The molecule has 0 aliphatic carbocycles. The molecule has 1 aromatic rings. The van der Waals surface area contributed by atoms with Crippen LogP contribution in [0.2, 0.25) is 0 Å². The van der Waals surface area contributed by atoms with E-state index >= 15 is 0 Å². The fourth-order valence-electron chi connectivity index (χ4n) is 1.54. The molecule has 2 unspecified atom stereocenters. The van der Waals surface area contributed by atoms with E-state index in [9.17, 15) is 5.11 Å². The summed E-state index contributed by atoms with van der Waals surface area (Å²) in [5.74, 6) is 0.895. The molecule has 0 fully saturated rings. The summed E-state index contributed by atoms with van der Waals surface area (Å²) in [6, 6.07) is 3.84. The van der Waals surface area contributed by atoms with Gasteiger partial charge < -0.3 is 14.7 Å². The van der Waals surface area contributed by atoms with Gasteiger partial charge in [-0.05, 0) is 31.4 Å². The number of hydrogen-bond acceptors (Lipinski definition) is 4. The highest BCUT2D eigenvalue weighted by atomic mass is 16.5. The molecule has 0 amide bonds. The molecule has 2 atom stereocenters. The van der Waals surface area contributed by atoms with Crippen LogP contribution >= 0.6 is 0 Å². The monoisotopic (exact) mass is 238 g/mol. The number of nitrogens with zero attached hydrogens (tertiary/aromatic N) is 2. The van der Waals surface area contributed by atoms with E-state index in [2.05, 4.69) is 4.98 Å². The summed E-state index contributed by atoms with van der Waals surface area (Å²) in [6.45, 7) is 2.00. The predicted molar refractivity (Wildman–Crippen MR) is 69.2 cm³/mol. The average Bonchev–Trinajstić information content (AvgIpc) is 2.35. The number of pyridine rings is 1. The van der Waals surface area contributed by atoms with Crippen molar-refractivity contribution >= 4 is 5.82 Å². The third-order valence-corrected chi connectivity index (χ3v) is 2.86. The van der Waals surface area contributed by atoms with Gasteiger partial charge in [0.25, 0.3) is 0 Å². The molecule has 96 valence electrons. The maximum absolute atomic E-state index is 9.99. The second-order valence-electron chi connectivity index (χ2n) is 4.48. The second-order valence-corrected chi connectivity index (χ2v) is 4.48. The van der Waals surface area contributed by atoms with Gasteiger partial charge in [0.05, 0.1) is 12.2 Å². The lowest BCUT2D eigenvalue weighted by Crippen LogP contribution is -2.11. The first-order chi connectivity index (χ1) is 8.04. The van der Waals surface area contributed by atoms with E-state index in [1.54, 1.807) is 13.3 Å². The van der Waals surface area contributed by atoms with Crippen LogP contribution in [0.4, 0.5) is 5.82 Å². The fourth-order valence-corrected chi connectivity index (χ4v) is 1.54. The van der Waals surface area contributed by atoms with Crippen molar-refractivity contribution in [2.24, 2.45) is 0 Å². The molecule has 4 heteroatoms. The highest BCUT2D eigenvalue weighted by Gasteiger charge is 2.10. The molecule has 1 rings (SSSR count). The summed E-state index contributed by atoms with van der Waals surface area (Å²) in [5.41, 5.74) is 0.860. The van der Waals surface area contributed by atoms with Crippen molar-refractivity contribution in [2.45, 2.75) is 32.0 Å². The SMILES string of the molecule is COC(C)CCC(O)c1ccc(N(C)C)nc1. The summed E-state index contributed by atoms with van der Waals surface area (Å²) < 4.78 is 5.15. The van der Waals surface area contributed by atoms with E-state index in [-0.39, 0.29) is 6.10 Å². The third kappa shape index (κ3) is 4.32. The van der Waals surface area contributed by atoms with Crippen molar-refractivity contribution in [3.63, 3.8) is 0 Å². The quantitative estimate of drug-likeness (QED) is 0.823. The molecule has 0 radical (unpaired) electrons. The molecule has 0 aliphatic rings. The lowest BCUT2D eigenvalue weighted by Gasteiger charge is -2.15. The Morgan fingerprint density at radius 2 is 2.06 bits per heavy atom. The highest BCUT2D eigenvalue weighted by molar-refractivity contribution is 5.37. The van der Waals surface area contributed by atoms with Crippen molar-refractivity contribution in [3.05, 3.63) is 23.9 Å². The number of ether oxygens (including phenoxy) is 1. The number of aromatic nitrogens is 1. The van der Waals surface area contributed by atoms with Gasteiger partial charge in [-0.25, -0.2) is 4.98 Å². The Labute approximate surface area is 103 Å². The van der Waals surface area contributed by atoms with Crippen LogP contribution < -0.4 is 4.90 Å². The topological polar surface area (TPSA) is 45.6 Å². The molecule has 0 bridgehead atoms. The van der Waals surface area contributed by atoms with Crippen LogP contribution in [0.1, 0.15) is 31.4 Å². The zero-order chi connectivity index (χ0) is 12.8. The van der Waals surface area contributed by atoms with Gasteiger partial charge in [0, 0.05) is 27.4 Å². The minimum Gasteiger partial charge on any atom is -0.388 e. The Morgan fingerprint density at radius 3 is 2.53 bits per heavy atom.